The van der Waals surface area contributed by atoms with Gasteiger partial charge >= 0.3 is 0 Å². The predicted octanol–water partition coefficient (Wildman–Crippen LogP) is 4.20. The van der Waals surface area contributed by atoms with Gasteiger partial charge < -0.3 is 10.1 Å². The van der Waals surface area contributed by atoms with Crippen molar-refractivity contribution in [3.05, 3.63) is 64.5 Å². The summed E-state index contributed by atoms with van der Waals surface area (Å²) in [5, 5.41) is 4.24. The number of benzene rings is 2. The summed E-state index contributed by atoms with van der Waals surface area (Å²) in [7, 11) is 0. The van der Waals surface area contributed by atoms with Crippen LogP contribution in [0.15, 0.2) is 48.5 Å². The SMILES string of the molecule is CC(Cc1ccc2c(c1)CCO2)NC(=O)c1cc2ccccc2s1. The van der Waals surface area contributed by atoms with Gasteiger partial charge in [-0.25, -0.2) is 0 Å². The lowest BCUT2D eigenvalue weighted by molar-refractivity contribution is 0.0944. The van der Waals surface area contributed by atoms with Crippen LogP contribution in [0.2, 0.25) is 0 Å². The van der Waals surface area contributed by atoms with E-state index in [-0.39, 0.29) is 11.9 Å². The first kappa shape index (κ1) is 15.2. The summed E-state index contributed by atoms with van der Waals surface area (Å²) in [5.41, 5.74) is 2.51. The second-order valence-electron chi connectivity index (χ2n) is 6.27. The van der Waals surface area contributed by atoms with Gasteiger partial charge in [0.2, 0.25) is 0 Å². The molecule has 2 aromatic carbocycles. The maximum Gasteiger partial charge on any atom is 0.261 e. The molecular weight excluding hydrogens is 318 g/mol. The van der Waals surface area contributed by atoms with Crippen LogP contribution in [0.1, 0.15) is 27.7 Å². The molecule has 3 aromatic rings. The summed E-state index contributed by atoms with van der Waals surface area (Å²) in [6.07, 6.45) is 1.80. The average molecular weight is 337 g/mol. The van der Waals surface area contributed by atoms with Crippen molar-refractivity contribution in [1.29, 1.82) is 0 Å². The van der Waals surface area contributed by atoms with Gasteiger partial charge in [-0.3, -0.25) is 4.79 Å². The minimum Gasteiger partial charge on any atom is -0.493 e. The van der Waals surface area contributed by atoms with Crippen LogP contribution in [0.4, 0.5) is 0 Å². The molecule has 0 fully saturated rings. The minimum absolute atomic E-state index is 0.00759. The van der Waals surface area contributed by atoms with E-state index in [0.717, 1.165) is 40.2 Å². The number of rotatable bonds is 4. The summed E-state index contributed by atoms with van der Waals surface area (Å²) < 4.78 is 6.69. The number of fused-ring (bicyclic) bond motifs is 2. The standard InChI is InChI=1S/C20H19NO2S/c1-13(10-14-6-7-17-15(11-14)8-9-23-17)21-20(22)19-12-16-4-2-3-5-18(16)24-19/h2-7,11-13H,8-10H2,1H3,(H,21,22). The van der Waals surface area contributed by atoms with E-state index >= 15 is 0 Å². The molecule has 0 aliphatic carbocycles. The Hall–Kier alpha value is -2.33. The topological polar surface area (TPSA) is 38.3 Å². The van der Waals surface area contributed by atoms with Gasteiger partial charge in [-0.05, 0) is 48.1 Å². The fraction of sp³-hybridized carbons (Fsp3) is 0.250. The molecule has 0 radical (unpaired) electrons. The Morgan fingerprint density at radius 3 is 3.00 bits per heavy atom. The highest BCUT2D eigenvalue weighted by Gasteiger charge is 2.15. The van der Waals surface area contributed by atoms with Gasteiger partial charge in [0, 0.05) is 17.2 Å². The highest BCUT2D eigenvalue weighted by atomic mass is 32.1. The van der Waals surface area contributed by atoms with E-state index < -0.39 is 0 Å². The lowest BCUT2D eigenvalue weighted by Crippen LogP contribution is -2.33. The molecule has 0 saturated carbocycles. The van der Waals surface area contributed by atoms with Gasteiger partial charge in [-0.15, -0.1) is 11.3 Å². The summed E-state index contributed by atoms with van der Waals surface area (Å²) in [5.74, 6) is 1.01. The summed E-state index contributed by atoms with van der Waals surface area (Å²) in [6, 6.07) is 16.5. The van der Waals surface area contributed by atoms with Crippen molar-refractivity contribution in [2.45, 2.75) is 25.8 Å². The van der Waals surface area contributed by atoms with E-state index in [1.165, 1.54) is 11.1 Å². The van der Waals surface area contributed by atoms with Crippen molar-refractivity contribution in [2.24, 2.45) is 0 Å². The largest absolute Gasteiger partial charge is 0.493 e. The molecule has 1 atom stereocenters. The molecule has 1 aliphatic rings. The highest BCUT2D eigenvalue weighted by Crippen LogP contribution is 2.27. The Bertz CT molecular complexity index is 867. The molecule has 1 aromatic heterocycles. The third-order valence-corrected chi connectivity index (χ3v) is 5.44. The molecule has 4 rings (SSSR count). The molecule has 1 unspecified atom stereocenters. The zero-order chi connectivity index (χ0) is 16.5. The Morgan fingerprint density at radius 2 is 2.12 bits per heavy atom. The quantitative estimate of drug-likeness (QED) is 0.775. The normalized spacial score (nSPS) is 14.2. The molecule has 0 spiro atoms. The van der Waals surface area contributed by atoms with Gasteiger partial charge in [0.15, 0.2) is 0 Å². The van der Waals surface area contributed by atoms with Crippen LogP contribution in [0.3, 0.4) is 0 Å². The van der Waals surface area contributed by atoms with E-state index in [1.807, 2.05) is 36.4 Å². The first-order chi connectivity index (χ1) is 11.7. The van der Waals surface area contributed by atoms with Crippen molar-refractivity contribution >= 4 is 27.3 Å². The van der Waals surface area contributed by atoms with Crippen LogP contribution >= 0.6 is 11.3 Å². The first-order valence-electron chi connectivity index (χ1n) is 8.23. The van der Waals surface area contributed by atoms with E-state index in [1.54, 1.807) is 11.3 Å². The lowest BCUT2D eigenvalue weighted by atomic mass is 10.0. The molecule has 24 heavy (non-hydrogen) atoms. The zero-order valence-corrected chi connectivity index (χ0v) is 14.4. The Labute approximate surface area is 145 Å². The third kappa shape index (κ3) is 3.02. The molecule has 0 bridgehead atoms. The molecular formula is C20H19NO2S. The van der Waals surface area contributed by atoms with Gasteiger partial charge in [0.1, 0.15) is 5.75 Å². The van der Waals surface area contributed by atoms with E-state index in [0.29, 0.717) is 0 Å². The second kappa shape index (κ2) is 6.29. The van der Waals surface area contributed by atoms with E-state index in [9.17, 15) is 4.79 Å². The number of hydrogen-bond acceptors (Lipinski definition) is 3. The van der Waals surface area contributed by atoms with Crippen molar-refractivity contribution < 1.29 is 9.53 Å². The Balaban J connectivity index is 1.43. The van der Waals surface area contributed by atoms with Gasteiger partial charge in [0.05, 0.1) is 11.5 Å². The van der Waals surface area contributed by atoms with Crippen LogP contribution in [0.5, 0.6) is 5.75 Å². The summed E-state index contributed by atoms with van der Waals surface area (Å²) in [4.78, 5) is 13.3. The fourth-order valence-electron chi connectivity index (χ4n) is 3.16. The summed E-state index contributed by atoms with van der Waals surface area (Å²) >= 11 is 1.54. The van der Waals surface area contributed by atoms with Gasteiger partial charge in [-0.1, -0.05) is 30.3 Å². The Morgan fingerprint density at radius 1 is 1.25 bits per heavy atom. The average Bonchev–Trinajstić information content (AvgIpc) is 3.20. The van der Waals surface area contributed by atoms with Crippen LogP contribution in [-0.2, 0) is 12.8 Å². The molecule has 3 nitrogen and oxygen atoms in total. The second-order valence-corrected chi connectivity index (χ2v) is 7.35. The smallest absolute Gasteiger partial charge is 0.261 e. The van der Waals surface area contributed by atoms with Gasteiger partial charge in [0.25, 0.3) is 5.91 Å². The summed E-state index contributed by atoms with van der Waals surface area (Å²) in [6.45, 7) is 2.83. The number of ether oxygens (including phenoxy) is 1. The van der Waals surface area contributed by atoms with Crippen LogP contribution in [0.25, 0.3) is 10.1 Å². The van der Waals surface area contributed by atoms with Crippen LogP contribution in [0, 0.1) is 0 Å². The van der Waals surface area contributed by atoms with Gasteiger partial charge in [-0.2, -0.15) is 0 Å². The van der Waals surface area contributed by atoms with E-state index in [2.05, 4.69) is 24.4 Å². The zero-order valence-electron chi connectivity index (χ0n) is 13.5. The Kier molecular flexibility index (Phi) is 3.98. The monoisotopic (exact) mass is 337 g/mol. The molecule has 0 saturated heterocycles. The number of hydrogen-bond donors (Lipinski definition) is 1. The van der Waals surface area contributed by atoms with E-state index in [4.69, 9.17) is 4.74 Å². The first-order valence-corrected chi connectivity index (χ1v) is 9.05. The highest BCUT2D eigenvalue weighted by molar-refractivity contribution is 7.20. The molecule has 1 N–H and O–H groups in total. The maximum absolute atomic E-state index is 12.5. The molecule has 122 valence electrons. The van der Waals surface area contributed by atoms with Crippen LogP contribution < -0.4 is 10.1 Å². The molecule has 2 heterocycles. The number of carbonyl (C=O) groups excluding carboxylic acids is 1. The van der Waals surface area contributed by atoms with Crippen molar-refractivity contribution in [2.75, 3.05) is 6.61 Å². The number of thiophene rings is 1. The predicted molar refractivity (Wildman–Crippen MR) is 98.1 cm³/mol. The number of amides is 1. The molecule has 4 heteroatoms. The number of nitrogens with one attached hydrogen (secondary N) is 1. The number of carbonyl (C=O) groups is 1. The third-order valence-electron chi connectivity index (χ3n) is 4.32. The van der Waals surface area contributed by atoms with Crippen molar-refractivity contribution in [3.8, 4) is 5.75 Å². The minimum atomic E-state index is 0.00759. The molecule has 1 aliphatic heterocycles. The van der Waals surface area contributed by atoms with Crippen LogP contribution in [-0.4, -0.2) is 18.6 Å². The van der Waals surface area contributed by atoms with Crippen molar-refractivity contribution in [1.82, 2.24) is 5.32 Å². The molecule has 1 amide bonds. The fourth-order valence-corrected chi connectivity index (χ4v) is 4.13. The lowest BCUT2D eigenvalue weighted by Gasteiger charge is -2.14. The van der Waals surface area contributed by atoms with Crippen molar-refractivity contribution in [3.63, 3.8) is 0 Å². The maximum atomic E-state index is 12.5.